The third-order valence-electron chi connectivity index (χ3n) is 8.70. The van der Waals surface area contributed by atoms with Gasteiger partial charge in [-0.15, -0.1) is 0 Å². The molecule has 2 fully saturated rings. The van der Waals surface area contributed by atoms with E-state index in [-0.39, 0.29) is 23.7 Å². The van der Waals surface area contributed by atoms with Gasteiger partial charge in [-0.2, -0.15) is 0 Å². The molecule has 0 radical (unpaired) electrons. The average Bonchev–Trinajstić information content (AvgIpc) is 3.74. The Hall–Kier alpha value is -4.59. The lowest BCUT2D eigenvalue weighted by molar-refractivity contribution is -0.00571. The molecule has 3 aromatic carbocycles. The van der Waals surface area contributed by atoms with Gasteiger partial charge in [0.2, 0.25) is 0 Å². The van der Waals surface area contributed by atoms with Gasteiger partial charge in [0.25, 0.3) is 5.91 Å². The highest BCUT2D eigenvalue weighted by atomic mass is 16.5. The van der Waals surface area contributed by atoms with Crippen LogP contribution in [0, 0.1) is 0 Å². The van der Waals surface area contributed by atoms with Crippen molar-refractivity contribution in [1.82, 2.24) is 9.47 Å². The third kappa shape index (κ3) is 4.43. The molecule has 1 saturated heterocycles. The fourth-order valence-electron chi connectivity index (χ4n) is 6.28. The third-order valence-corrected chi connectivity index (χ3v) is 8.70. The quantitative estimate of drug-likeness (QED) is 0.328. The van der Waals surface area contributed by atoms with E-state index < -0.39 is 11.6 Å². The van der Waals surface area contributed by atoms with Crippen LogP contribution in [0.5, 0.6) is 11.5 Å². The van der Waals surface area contributed by atoms with Crippen molar-refractivity contribution in [1.29, 1.82) is 0 Å². The monoisotopic (exact) mass is 550 g/mol. The van der Waals surface area contributed by atoms with Crippen molar-refractivity contribution in [2.45, 2.75) is 43.7 Å². The number of ether oxygens (including phenoxy) is 2. The molecule has 3 heterocycles. The number of likely N-dealkylation sites (tertiary alicyclic amines) is 1. The molecule has 1 saturated carbocycles. The van der Waals surface area contributed by atoms with Crippen LogP contribution in [-0.2, 0) is 0 Å². The summed E-state index contributed by atoms with van der Waals surface area (Å²) in [7, 11) is 1.63. The second kappa shape index (κ2) is 9.51. The number of amides is 1. The van der Waals surface area contributed by atoms with E-state index >= 15 is 0 Å². The first-order chi connectivity index (χ1) is 19.8. The molecule has 41 heavy (non-hydrogen) atoms. The molecule has 0 unspecified atom stereocenters. The predicted octanol–water partition coefficient (Wildman–Crippen LogP) is 5.99. The van der Waals surface area contributed by atoms with Gasteiger partial charge in [0.15, 0.2) is 5.78 Å². The van der Waals surface area contributed by atoms with Gasteiger partial charge in [-0.3, -0.25) is 9.59 Å². The van der Waals surface area contributed by atoms with Crippen LogP contribution in [0.3, 0.4) is 0 Å². The molecule has 0 bridgehead atoms. The highest BCUT2D eigenvalue weighted by Gasteiger charge is 2.44. The number of piperidine rings is 1. The molecule has 8 nitrogen and oxygen atoms in total. The summed E-state index contributed by atoms with van der Waals surface area (Å²) in [6.07, 6.45) is 5.75. The molecule has 4 aromatic rings. The number of rotatable bonds is 5. The Labute approximate surface area is 237 Å². The molecule has 1 N–H and O–H groups in total. The Kier molecular flexibility index (Phi) is 5.89. The van der Waals surface area contributed by atoms with E-state index in [0.29, 0.717) is 54.6 Å². The minimum atomic E-state index is -0.997. The summed E-state index contributed by atoms with van der Waals surface area (Å²) in [6, 6.07) is 18.4. The summed E-state index contributed by atoms with van der Waals surface area (Å²) in [6.45, 7) is 0.983. The number of carbonyl (C=O) groups excluding carboxylic acids is 2. The van der Waals surface area contributed by atoms with Crippen molar-refractivity contribution in [3.63, 3.8) is 0 Å². The van der Waals surface area contributed by atoms with Gasteiger partial charge in [0.1, 0.15) is 17.1 Å². The first-order valence-corrected chi connectivity index (χ1v) is 14.0. The van der Waals surface area contributed by atoms with Crippen LogP contribution in [0.2, 0.25) is 0 Å². The van der Waals surface area contributed by atoms with Crippen molar-refractivity contribution in [2.24, 2.45) is 0 Å². The topological polar surface area (TPSA) is 98.1 Å². The maximum Gasteiger partial charge on any atom is 0.335 e. The fraction of sp³-hybridized carbons (Fsp3) is 0.303. The summed E-state index contributed by atoms with van der Waals surface area (Å²) in [5, 5.41) is 10.3. The van der Waals surface area contributed by atoms with Crippen molar-refractivity contribution in [2.75, 3.05) is 20.2 Å². The van der Waals surface area contributed by atoms with E-state index in [1.54, 1.807) is 37.4 Å². The maximum atomic E-state index is 13.6. The van der Waals surface area contributed by atoms with Crippen molar-refractivity contribution >= 4 is 28.6 Å². The summed E-state index contributed by atoms with van der Waals surface area (Å²) in [5.41, 5.74) is 3.18. The number of aromatic nitrogens is 1. The number of hydrogen-bond acceptors (Lipinski definition) is 5. The van der Waals surface area contributed by atoms with E-state index in [2.05, 4.69) is 16.8 Å². The van der Waals surface area contributed by atoms with Gasteiger partial charge in [0, 0.05) is 49.1 Å². The number of methoxy groups -OCH3 is 1. The van der Waals surface area contributed by atoms with Crippen LogP contribution in [0.1, 0.15) is 69.2 Å². The Morgan fingerprint density at radius 1 is 0.976 bits per heavy atom. The van der Waals surface area contributed by atoms with Gasteiger partial charge in [-0.25, -0.2) is 4.79 Å². The SMILES string of the molecule is COc1cc(C(=O)N2CCC3(CC2)CC(=O)c2cc(-c4cccc(C(=O)O)c4)ccc2O3)cc2c1ccn2C1CC1. The van der Waals surface area contributed by atoms with Gasteiger partial charge in [-0.05, 0) is 66.4 Å². The van der Waals surface area contributed by atoms with Gasteiger partial charge < -0.3 is 24.0 Å². The number of hydrogen-bond donors (Lipinski definition) is 1. The number of carboxylic acids is 1. The standard InChI is InChI=1S/C33H30N2O6/c1-40-30-18-23(17-27-25(30)9-12-35(27)24-6-7-24)31(37)34-13-10-33(11-14-34)19-28(36)26-16-21(5-8-29(26)41-33)20-3-2-4-22(15-20)32(38)39/h2-5,8-9,12,15-18,24H,6-7,10-11,13-14,19H2,1H3,(H,38,39). The highest BCUT2D eigenvalue weighted by molar-refractivity contribution is 6.02. The summed E-state index contributed by atoms with van der Waals surface area (Å²) < 4.78 is 14.4. The van der Waals surface area contributed by atoms with Gasteiger partial charge in [-0.1, -0.05) is 18.2 Å². The Balaban J connectivity index is 1.09. The largest absolute Gasteiger partial charge is 0.496 e. The first-order valence-electron chi connectivity index (χ1n) is 14.0. The summed E-state index contributed by atoms with van der Waals surface area (Å²) >= 11 is 0. The summed E-state index contributed by atoms with van der Waals surface area (Å²) in [4.78, 5) is 40.2. The molecule has 1 aliphatic carbocycles. The number of carboxylic acid groups (broad SMARTS) is 1. The van der Waals surface area contributed by atoms with Crippen LogP contribution in [0.4, 0.5) is 0 Å². The van der Waals surface area contributed by atoms with Gasteiger partial charge in [0.05, 0.1) is 30.2 Å². The second-order valence-electron chi connectivity index (χ2n) is 11.3. The number of nitrogens with zero attached hydrogens (tertiary/aromatic N) is 2. The molecular weight excluding hydrogens is 520 g/mol. The minimum Gasteiger partial charge on any atom is -0.496 e. The number of benzene rings is 3. The van der Waals surface area contributed by atoms with Crippen molar-refractivity contribution < 1.29 is 29.0 Å². The van der Waals surface area contributed by atoms with Crippen molar-refractivity contribution in [3.05, 3.63) is 83.6 Å². The lowest BCUT2D eigenvalue weighted by Crippen LogP contribution is -2.52. The zero-order valence-electron chi connectivity index (χ0n) is 22.8. The summed E-state index contributed by atoms with van der Waals surface area (Å²) in [5.74, 6) is 0.196. The average molecular weight is 551 g/mol. The smallest absolute Gasteiger partial charge is 0.335 e. The molecule has 1 spiro atoms. The first kappa shape index (κ1) is 25.4. The zero-order valence-corrected chi connectivity index (χ0v) is 22.8. The van der Waals surface area contributed by atoms with E-state index in [0.717, 1.165) is 34.9 Å². The van der Waals surface area contributed by atoms with Crippen LogP contribution in [0.25, 0.3) is 22.0 Å². The number of Topliss-reactive ketones (excluding diaryl/α,β-unsaturated/α-hetero) is 1. The van der Waals surface area contributed by atoms with E-state index in [9.17, 15) is 19.5 Å². The van der Waals surface area contributed by atoms with Crippen molar-refractivity contribution in [3.8, 4) is 22.6 Å². The molecule has 1 aromatic heterocycles. The molecule has 7 rings (SSSR count). The van der Waals surface area contributed by atoms with E-state index in [1.165, 1.54) is 0 Å². The number of carbonyl (C=O) groups is 3. The Morgan fingerprint density at radius 3 is 2.49 bits per heavy atom. The van der Waals surface area contributed by atoms with E-state index in [1.807, 2.05) is 29.2 Å². The van der Waals surface area contributed by atoms with Crippen LogP contribution in [-0.4, -0.2) is 58.0 Å². The lowest BCUT2D eigenvalue weighted by Gasteiger charge is -2.44. The minimum absolute atomic E-state index is 0.00158. The maximum absolute atomic E-state index is 13.6. The molecule has 8 heteroatoms. The Morgan fingerprint density at radius 2 is 1.76 bits per heavy atom. The Bertz CT molecular complexity index is 1730. The number of fused-ring (bicyclic) bond motifs is 2. The number of aromatic carboxylic acids is 1. The fourth-order valence-corrected chi connectivity index (χ4v) is 6.28. The molecule has 2 aliphatic heterocycles. The zero-order chi connectivity index (χ0) is 28.3. The van der Waals surface area contributed by atoms with E-state index in [4.69, 9.17) is 9.47 Å². The molecular formula is C33H30N2O6. The highest BCUT2D eigenvalue weighted by Crippen LogP contribution is 2.42. The molecule has 208 valence electrons. The molecule has 3 aliphatic rings. The lowest BCUT2D eigenvalue weighted by atomic mass is 9.82. The molecule has 0 atom stereocenters. The normalized spacial score (nSPS) is 17.8. The predicted molar refractivity (Wildman–Crippen MR) is 153 cm³/mol. The van der Waals surface area contributed by atoms with Crippen LogP contribution in [0.15, 0.2) is 66.9 Å². The second-order valence-corrected chi connectivity index (χ2v) is 11.3. The van der Waals surface area contributed by atoms with Crippen LogP contribution >= 0.6 is 0 Å². The van der Waals surface area contributed by atoms with Gasteiger partial charge >= 0.3 is 5.97 Å². The number of ketones is 1. The van der Waals surface area contributed by atoms with Crippen LogP contribution < -0.4 is 9.47 Å². The molecule has 1 amide bonds.